The van der Waals surface area contributed by atoms with Crippen molar-refractivity contribution in [3.05, 3.63) is 94.6 Å². The van der Waals surface area contributed by atoms with Gasteiger partial charge in [-0.15, -0.1) is 11.3 Å². The molecule has 3 amide bonds. The molecule has 15 heteroatoms. The molecular formula is C48H61BN4O9S. The Morgan fingerprint density at radius 2 is 1.65 bits per heavy atom. The molecule has 63 heavy (non-hydrogen) atoms. The second-order valence-electron chi connectivity index (χ2n) is 18.0. The Bertz CT molecular complexity index is 2210. The zero-order valence-corrected chi connectivity index (χ0v) is 38.4. The SMILES string of the molecule is Cc1ncsc1-c1ccc(CNC(=O)[C@@H]2C[C@@H](O)CN2C(=O)[C@H](C(C)C)N2Cc3ccccc3C2=O)c(OCCCCOCCCOc2ccc(B3OC(C)(C)C(C)(C)O3)cc2)c1. The van der Waals surface area contributed by atoms with Gasteiger partial charge >= 0.3 is 7.12 Å². The molecule has 0 radical (unpaired) electrons. The van der Waals surface area contributed by atoms with Crippen LogP contribution < -0.4 is 20.3 Å². The fourth-order valence-electron chi connectivity index (χ4n) is 8.25. The molecule has 7 rings (SSSR count). The molecule has 3 aliphatic rings. The molecule has 336 valence electrons. The van der Waals surface area contributed by atoms with Gasteiger partial charge in [0.1, 0.15) is 23.6 Å². The van der Waals surface area contributed by atoms with Crippen molar-refractivity contribution in [2.24, 2.45) is 5.92 Å². The Kier molecular flexibility index (Phi) is 14.6. The van der Waals surface area contributed by atoms with E-state index in [1.807, 2.05) is 115 Å². The molecule has 1 aromatic heterocycles. The molecule has 2 N–H and O–H groups in total. The molecule has 3 aromatic carbocycles. The van der Waals surface area contributed by atoms with E-state index in [1.165, 1.54) is 4.90 Å². The van der Waals surface area contributed by atoms with E-state index >= 15 is 0 Å². The summed E-state index contributed by atoms with van der Waals surface area (Å²) in [5, 5.41) is 13.8. The lowest BCUT2D eigenvalue weighted by Gasteiger charge is -2.35. The van der Waals surface area contributed by atoms with E-state index < -0.39 is 25.3 Å². The number of benzene rings is 3. The minimum Gasteiger partial charge on any atom is -0.494 e. The van der Waals surface area contributed by atoms with E-state index in [0.717, 1.165) is 57.7 Å². The third-order valence-corrected chi connectivity index (χ3v) is 13.5. The number of aromatic nitrogens is 1. The first-order valence-electron chi connectivity index (χ1n) is 22.1. The molecule has 0 spiro atoms. The summed E-state index contributed by atoms with van der Waals surface area (Å²) in [6, 6.07) is 19.5. The van der Waals surface area contributed by atoms with Crippen molar-refractivity contribution < 1.29 is 43.0 Å². The maximum absolute atomic E-state index is 14.2. The summed E-state index contributed by atoms with van der Waals surface area (Å²) in [4.78, 5) is 50.0. The topological polar surface area (TPSA) is 149 Å². The van der Waals surface area contributed by atoms with Gasteiger partial charge in [0.2, 0.25) is 11.8 Å². The first-order chi connectivity index (χ1) is 30.1. The Balaban J connectivity index is 0.877. The highest BCUT2D eigenvalue weighted by atomic mass is 32.1. The van der Waals surface area contributed by atoms with Crippen molar-refractivity contribution in [1.29, 1.82) is 0 Å². The highest BCUT2D eigenvalue weighted by Crippen LogP contribution is 2.37. The van der Waals surface area contributed by atoms with Crippen molar-refractivity contribution in [2.75, 3.05) is 33.0 Å². The number of thiazole rings is 1. The standard InChI is InChI=1S/C48H61BN4O9S/c1-31(2)42(53-28-35-13-8-9-14-39(35)45(53)56)46(57)52-29-37(54)26-40(52)44(55)50-27-34-16-15-33(43-32(3)51-30-63-43)25-41(34)60-23-11-10-21-58-22-12-24-59-38-19-17-36(18-20-38)49-61-47(4,5)48(6,7)62-49/h8-9,13-20,25,30-31,37,40,42,54H,10-12,21-24,26-29H2,1-7H3,(H,50,55)/t37-,40+,42+/m1/s1. The zero-order chi connectivity index (χ0) is 44.9. The number of aliphatic hydroxyl groups excluding tert-OH is 1. The van der Waals surface area contributed by atoms with Crippen LogP contribution in [0.5, 0.6) is 11.5 Å². The summed E-state index contributed by atoms with van der Waals surface area (Å²) >= 11 is 1.56. The van der Waals surface area contributed by atoms with E-state index in [4.69, 9.17) is 23.5 Å². The fourth-order valence-corrected chi connectivity index (χ4v) is 9.06. The fraction of sp³-hybridized carbons (Fsp3) is 0.500. The van der Waals surface area contributed by atoms with Gasteiger partial charge in [-0.25, -0.2) is 4.98 Å². The predicted molar refractivity (Wildman–Crippen MR) is 243 cm³/mol. The summed E-state index contributed by atoms with van der Waals surface area (Å²) in [7, 11) is -0.404. The number of nitrogens with one attached hydrogen (secondary N) is 1. The monoisotopic (exact) mass is 880 g/mol. The zero-order valence-electron chi connectivity index (χ0n) is 37.6. The number of hydrogen-bond acceptors (Lipinski definition) is 11. The van der Waals surface area contributed by atoms with Crippen molar-refractivity contribution in [3.63, 3.8) is 0 Å². The Hall–Kier alpha value is -4.80. The van der Waals surface area contributed by atoms with Crippen molar-refractivity contribution >= 4 is 41.6 Å². The van der Waals surface area contributed by atoms with Crippen LogP contribution in [0.25, 0.3) is 10.4 Å². The third kappa shape index (κ3) is 10.6. The van der Waals surface area contributed by atoms with Gasteiger partial charge in [0.25, 0.3) is 5.91 Å². The number of amides is 3. The number of hydrogen-bond donors (Lipinski definition) is 2. The molecular weight excluding hydrogens is 819 g/mol. The van der Waals surface area contributed by atoms with Crippen LogP contribution in [-0.2, 0) is 36.7 Å². The number of fused-ring (bicyclic) bond motifs is 1. The van der Waals surface area contributed by atoms with Crippen LogP contribution in [0.15, 0.2) is 72.2 Å². The molecule has 4 heterocycles. The summed E-state index contributed by atoms with van der Waals surface area (Å²) in [6.07, 6.45) is 1.57. The van der Waals surface area contributed by atoms with Crippen LogP contribution in [0.4, 0.5) is 0 Å². The quantitative estimate of drug-likeness (QED) is 0.0810. The molecule has 0 unspecified atom stereocenters. The van der Waals surface area contributed by atoms with Gasteiger partial charge in [-0.2, -0.15) is 0 Å². The number of nitrogens with zero attached hydrogens (tertiary/aromatic N) is 3. The van der Waals surface area contributed by atoms with Crippen LogP contribution in [0.3, 0.4) is 0 Å². The van der Waals surface area contributed by atoms with Gasteiger partial charge in [0, 0.05) is 56.8 Å². The second kappa shape index (κ2) is 19.9. The summed E-state index contributed by atoms with van der Waals surface area (Å²) < 4.78 is 30.5. The third-order valence-electron chi connectivity index (χ3n) is 12.5. The number of carbonyl (C=O) groups excluding carboxylic acids is 3. The number of aryl methyl sites for hydroxylation is 1. The second-order valence-corrected chi connectivity index (χ2v) is 18.9. The largest absolute Gasteiger partial charge is 0.494 e. The highest BCUT2D eigenvalue weighted by Gasteiger charge is 2.52. The number of aliphatic hydroxyl groups is 1. The van der Waals surface area contributed by atoms with E-state index in [9.17, 15) is 19.5 Å². The maximum atomic E-state index is 14.2. The average Bonchev–Trinajstić information content (AvgIpc) is 4.00. The van der Waals surface area contributed by atoms with Crippen molar-refractivity contribution in [2.45, 2.75) is 117 Å². The molecule has 0 saturated carbocycles. The van der Waals surface area contributed by atoms with Gasteiger partial charge in [0.05, 0.1) is 46.6 Å². The smallest absolute Gasteiger partial charge is 0.494 e. The van der Waals surface area contributed by atoms with Crippen LogP contribution in [0.2, 0.25) is 0 Å². The van der Waals surface area contributed by atoms with Gasteiger partial charge < -0.3 is 43.7 Å². The van der Waals surface area contributed by atoms with Crippen LogP contribution >= 0.6 is 11.3 Å². The van der Waals surface area contributed by atoms with Crippen molar-refractivity contribution in [3.8, 4) is 21.9 Å². The van der Waals surface area contributed by atoms with Gasteiger partial charge in [-0.1, -0.05) is 56.3 Å². The Morgan fingerprint density at radius 1 is 0.952 bits per heavy atom. The van der Waals surface area contributed by atoms with E-state index in [-0.39, 0.29) is 54.4 Å². The average molecular weight is 881 g/mol. The summed E-state index contributed by atoms with van der Waals surface area (Å²) in [6.45, 7) is 16.6. The van der Waals surface area contributed by atoms with Crippen LogP contribution in [-0.4, -0.2) is 107 Å². The number of ether oxygens (including phenoxy) is 3. The predicted octanol–water partition coefficient (Wildman–Crippen LogP) is 6.32. The van der Waals surface area contributed by atoms with Crippen LogP contribution in [0, 0.1) is 12.8 Å². The molecule has 3 aliphatic heterocycles. The van der Waals surface area contributed by atoms with Gasteiger partial charge in [-0.3, -0.25) is 14.4 Å². The number of unbranched alkanes of at least 4 members (excludes halogenated alkanes) is 1. The summed E-state index contributed by atoms with van der Waals surface area (Å²) in [5.74, 6) is 0.312. The number of carbonyl (C=O) groups is 3. The molecule has 4 aromatic rings. The Labute approximate surface area is 375 Å². The molecule has 2 saturated heterocycles. The number of likely N-dealkylation sites (tertiary alicyclic amines) is 1. The number of β-amino-alcohol motifs (C(OH)–C–C–N with tert-alkyl or cyclic N) is 1. The molecule has 3 atom stereocenters. The van der Waals surface area contributed by atoms with E-state index in [0.29, 0.717) is 44.3 Å². The molecule has 0 aliphatic carbocycles. The van der Waals surface area contributed by atoms with Gasteiger partial charge in [0.15, 0.2) is 0 Å². The Morgan fingerprint density at radius 3 is 2.35 bits per heavy atom. The van der Waals surface area contributed by atoms with E-state index in [2.05, 4.69) is 10.3 Å². The maximum Gasteiger partial charge on any atom is 0.494 e. The van der Waals surface area contributed by atoms with Crippen molar-refractivity contribution in [1.82, 2.24) is 20.1 Å². The first-order valence-corrected chi connectivity index (χ1v) is 23.0. The lowest BCUT2D eigenvalue weighted by Crippen LogP contribution is -2.55. The number of rotatable bonds is 19. The molecule has 0 bridgehead atoms. The highest BCUT2D eigenvalue weighted by molar-refractivity contribution is 7.13. The minimum absolute atomic E-state index is 0.0173. The molecule has 13 nitrogen and oxygen atoms in total. The van der Waals surface area contributed by atoms with Crippen LogP contribution in [0.1, 0.15) is 94.4 Å². The van der Waals surface area contributed by atoms with E-state index in [1.54, 1.807) is 22.3 Å². The first kappa shape index (κ1) is 46.2. The normalized spacial score (nSPS) is 19.4. The minimum atomic E-state index is -0.885. The summed E-state index contributed by atoms with van der Waals surface area (Å²) in [5.41, 5.74) is 6.14. The molecule has 2 fully saturated rings. The van der Waals surface area contributed by atoms with Gasteiger partial charge in [-0.05, 0) is 94.2 Å². The lowest BCUT2D eigenvalue weighted by atomic mass is 9.79. The lowest BCUT2D eigenvalue weighted by molar-refractivity contribution is -0.143.